The average molecular weight is 251 g/mol. The largest absolute Gasteiger partial charge is 0.459 e. The van der Waals surface area contributed by atoms with Gasteiger partial charge in [-0.15, -0.1) is 0 Å². The third-order valence-corrected chi connectivity index (χ3v) is 2.57. The number of benzene rings is 1. The molecule has 17 heavy (non-hydrogen) atoms. The first-order valence-corrected chi connectivity index (χ1v) is 5.36. The third-order valence-electron chi connectivity index (χ3n) is 2.33. The highest BCUT2D eigenvalue weighted by Crippen LogP contribution is 2.23. The number of carbonyl (C=O) groups is 1. The standard InChI is InChI=1S/C12H11ClN2O2/c1-7-4-5-17-11(7)12(16)15-10-6-8(13)2-3-9(10)14/h2-6H,14H2,1H3,(H,15,16). The predicted octanol–water partition coefficient (Wildman–Crippen LogP) is 3.08. The van der Waals surface area contributed by atoms with Gasteiger partial charge in [-0.1, -0.05) is 11.6 Å². The lowest BCUT2D eigenvalue weighted by molar-refractivity contribution is 0.0996. The van der Waals surface area contributed by atoms with Gasteiger partial charge in [-0.05, 0) is 31.2 Å². The smallest absolute Gasteiger partial charge is 0.291 e. The van der Waals surface area contributed by atoms with Crippen LogP contribution in [0.4, 0.5) is 11.4 Å². The van der Waals surface area contributed by atoms with Crippen molar-refractivity contribution in [3.63, 3.8) is 0 Å². The van der Waals surface area contributed by atoms with E-state index in [-0.39, 0.29) is 11.7 Å². The van der Waals surface area contributed by atoms with E-state index in [1.165, 1.54) is 6.26 Å². The molecule has 4 nitrogen and oxygen atoms in total. The maximum Gasteiger partial charge on any atom is 0.291 e. The zero-order valence-corrected chi connectivity index (χ0v) is 9.91. The number of nitrogens with one attached hydrogen (secondary N) is 1. The number of nitrogens with two attached hydrogens (primary N) is 1. The summed E-state index contributed by atoms with van der Waals surface area (Å²) in [5, 5.41) is 3.16. The zero-order chi connectivity index (χ0) is 12.4. The summed E-state index contributed by atoms with van der Waals surface area (Å²) in [6.07, 6.45) is 1.46. The van der Waals surface area contributed by atoms with Crippen molar-refractivity contribution in [2.45, 2.75) is 6.92 Å². The van der Waals surface area contributed by atoms with E-state index in [4.69, 9.17) is 21.8 Å². The van der Waals surface area contributed by atoms with Crippen molar-refractivity contribution in [1.82, 2.24) is 0 Å². The summed E-state index contributed by atoms with van der Waals surface area (Å²) < 4.78 is 5.08. The first kappa shape index (κ1) is 11.5. The molecule has 0 saturated heterocycles. The molecule has 0 radical (unpaired) electrons. The van der Waals surface area contributed by atoms with E-state index >= 15 is 0 Å². The summed E-state index contributed by atoms with van der Waals surface area (Å²) in [6.45, 7) is 1.79. The molecular weight excluding hydrogens is 240 g/mol. The number of amides is 1. The molecule has 2 rings (SSSR count). The molecule has 1 amide bonds. The van der Waals surface area contributed by atoms with Gasteiger partial charge in [-0.25, -0.2) is 0 Å². The second kappa shape index (κ2) is 4.51. The summed E-state index contributed by atoms with van der Waals surface area (Å²) in [5.41, 5.74) is 7.41. The molecule has 0 aliphatic heterocycles. The number of aryl methyl sites for hydroxylation is 1. The van der Waals surface area contributed by atoms with E-state index in [0.717, 1.165) is 5.56 Å². The summed E-state index contributed by atoms with van der Waals surface area (Å²) in [7, 11) is 0. The molecular formula is C12H11ClN2O2. The Morgan fingerprint density at radius 2 is 2.18 bits per heavy atom. The predicted molar refractivity (Wildman–Crippen MR) is 67.3 cm³/mol. The lowest BCUT2D eigenvalue weighted by Gasteiger charge is -2.07. The van der Waals surface area contributed by atoms with Gasteiger partial charge in [0.05, 0.1) is 17.6 Å². The van der Waals surface area contributed by atoms with Gasteiger partial charge in [0.15, 0.2) is 5.76 Å². The molecule has 2 aromatic rings. The third kappa shape index (κ3) is 2.42. The molecule has 0 bridgehead atoms. The molecule has 5 heteroatoms. The normalized spacial score (nSPS) is 10.2. The van der Waals surface area contributed by atoms with Crippen LogP contribution >= 0.6 is 11.6 Å². The second-order valence-electron chi connectivity index (χ2n) is 3.62. The van der Waals surface area contributed by atoms with Gasteiger partial charge in [0.1, 0.15) is 0 Å². The maximum atomic E-state index is 11.9. The fourth-order valence-corrected chi connectivity index (χ4v) is 1.59. The van der Waals surface area contributed by atoms with Crippen molar-refractivity contribution >= 4 is 28.9 Å². The van der Waals surface area contributed by atoms with Gasteiger partial charge < -0.3 is 15.5 Å². The van der Waals surface area contributed by atoms with E-state index < -0.39 is 0 Å². The first-order valence-electron chi connectivity index (χ1n) is 4.98. The molecule has 0 fully saturated rings. The van der Waals surface area contributed by atoms with Crippen molar-refractivity contribution in [2.75, 3.05) is 11.1 Å². The summed E-state index contributed by atoms with van der Waals surface area (Å²) in [5.74, 6) is -0.0779. The van der Waals surface area contributed by atoms with Crippen LogP contribution in [0, 0.1) is 6.92 Å². The van der Waals surface area contributed by atoms with E-state index in [9.17, 15) is 4.79 Å². The Hall–Kier alpha value is -1.94. The van der Waals surface area contributed by atoms with Crippen LogP contribution in [0.3, 0.4) is 0 Å². The van der Waals surface area contributed by atoms with Gasteiger partial charge in [-0.3, -0.25) is 4.79 Å². The molecule has 0 unspecified atom stereocenters. The molecule has 0 aliphatic carbocycles. The number of furan rings is 1. The number of hydrogen-bond acceptors (Lipinski definition) is 3. The highest BCUT2D eigenvalue weighted by atomic mass is 35.5. The Bertz CT molecular complexity index is 563. The summed E-state index contributed by atoms with van der Waals surface area (Å²) in [6, 6.07) is 6.60. The van der Waals surface area contributed by atoms with Crippen LogP contribution in [0.25, 0.3) is 0 Å². The minimum Gasteiger partial charge on any atom is -0.459 e. The van der Waals surface area contributed by atoms with Gasteiger partial charge in [0.2, 0.25) is 0 Å². The van der Waals surface area contributed by atoms with Crippen molar-refractivity contribution in [1.29, 1.82) is 0 Å². The average Bonchev–Trinajstić information content (AvgIpc) is 2.70. The molecule has 0 aliphatic rings. The Morgan fingerprint density at radius 3 is 2.82 bits per heavy atom. The zero-order valence-electron chi connectivity index (χ0n) is 9.16. The van der Waals surface area contributed by atoms with Gasteiger partial charge >= 0.3 is 0 Å². The Kier molecular flexibility index (Phi) is 3.06. The van der Waals surface area contributed by atoms with E-state index in [1.54, 1.807) is 31.2 Å². The summed E-state index contributed by atoms with van der Waals surface area (Å²) >= 11 is 5.83. The molecule has 0 saturated carbocycles. The number of rotatable bonds is 2. The highest BCUT2D eigenvalue weighted by molar-refractivity contribution is 6.31. The van der Waals surface area contributed by atoms with Gasteiger partial charge in [0, 0.05) is 10.6 Å². The first-order chi connectivity index (χ1) is 8.08. The fourth-order valence-electron chi connectivity index (χ4n) is 1.42. The van der Waals surface area contributed by atoms with Crippen LogP contribution in [0.5, 0.6) is 0 Å². The molecule has 0 spiro atoms. The number of hydrogen-bond donors (Lipinski definition) is 2. The molecule has 3 N–H and O–H groups in total. The van der Waals surface area contributed by atoms with Crippen molar-refractivity contribution in [3.05, 3.63) is 46.9 Å². The van der Waals surface area contributed by atoms with Crippen LogP contribution in [-0.2, 0) is 0 Å². The topological polar surface area (TPSA) is 68.3 Å². The second-order valence-corrected chi connectivity index (χ2v) is 4.05. The number of anilines is 2. The van der Waals surface area contributed by atoms with Crippen LogP contribution in [0.15, 0.2) is 34.9 Å². The monoisotopic (exact) mass is 250 g/mol. The number of halogens is 1. The lowest BCUT2D eigenvalue weighted by atomic mass is 10.2. The minimum atomic E-state index is -0.346. The van der Waals surface area contributed by atoms with Gasteiger partial charge in [0.25, 0.3) is 5.91 Å². The lowest BCUT2D eigenvalue weighted by Crippen LogP contribution is -2.13. The highest BCUT2D eigenvalue weighted by Gasteiger charge is 2.13. The molecule has 1 heterocycles. The molecule has 1 aromatic heterocycles. The molecule has 1 aromatic carbocycles. The number of nitrogen functional groups attached to an aromatic ring is 1. The Labute approximate surface area is 103 Å². The van der Waals surface area contributed by atoms with Crippen LogP contribution in [0.1, 0.15) is 16.1 Å². The van der Waals surface area contributed by atoms with E-state index in [1.807, 2.05) is 0 Å². The van der Waals surface area contributed by atoms with Gasteiger partial charge in [-0.2, -0.15) is 0 Å². The van der Waals surface area contributed by atoms with E-state index in [0.29, 0.717) is 16.4 Å². The number of carbonyl (C=O) groups excluding carboxylic acids is 1. The quantitative estimate of drug-likeness (QED) is 0.805. The Balaban J connectivity index is 2.24. The van der Waals surface area contributed by atoms with Crippen molar-refractivity contribution in [3.8, 4) is 0 Å². The molecule has 0 atom stereocenters. The minimum absolute atomic E-state index is 0.268. The van der Waals surface area contributed by atoms with Crippen molar-refractivity contribution < 1.29 is 9.21 Å². The van der Waals surface area contributed by atoms with Crippen LogP contribution in [0.2, 0.25) is 5.02 Å². The summed E-state index contributed by atoms with van der Waals surface area (Å²) in [4.78, 5) is 11.9. The van der Waals surface area contributed by atoms with E-state index in [2.05, 4.69) is 5.32 Å². The maximum absolute atomic E-state index is 11.9. The van der Waals surface area contributed by atoms with Crippen LogP contribution in [-0.4, -0.2) is 5.91 Å². The Morgan fingerprint density at radius 1 is 1.41 bits per heavy atom. The fraction of sp³-hybridized carbons (Fsp3) is 0.0833. The van der Waals surface area contributed by atoms with Crippen LogP contribution < -0.4 is 11.1 Å². The van der Waals surface area contributed by atoms with Crippen molar-refractivity contribution in [2.24, 2.45) is 0 Å². The molecule has 88 valence electrons. The SMILES string of the molecule is Cc1ccoc1C(=O)Nc1cc(Cl)ccc1N.